The minimum absolute atomic E-state index is 0.183. The Balaban J connectivity index is 1.78. The van der Waals surface area contributed by atoms with E-state index in [0.717, 1.165) is 11.3 Å². The van der Waals surface area contributed by atoms with Gasteiger partial charge in [0.25, 0.3) is 5.69 Å². The second-order valence-electron chi connectivity index (χ2n) is 7.45. The molecule has 0 saturated carbocycles. The van der Waals surface area contributed by atoms with Crippen molar-refractivity contribution < 1.29 is 14.5 Å². The third-order valence-electron chi connectivity index (χ3n) is 4.81. The number of halogens is 1. The number of non-ortho nitro benzene ring substituents is 1. The van der Waals surface area contributed by atoms with Crippen molar-refractivity contribution in [1.82, 2.24) is 9.78 Å². The fraction of sp³-hybridized carbons (Fsp3) is 0.273. The number of nitro benzene ring substituents is 1. The summed E-state index contributed by atoms with van der Waals surface area (Å²) in [7, 11) is 0. The van der Waals surface area contributed by atoms with Crippen LogP contribution in [0.25, 0.3) is 0 Å². The van der Waals surface area contributed by atoms with E-state index in [1.165, 1.54) is 12.1 Å². The standard InChI is InChI=1S/C22H23ClN4O4/c1-13-5-7-19(8-6-13)31-20-10-17(9-18(11-20)27(29)30)24-22(28)14(2)12-26-16(4)21(23)15(3)25-26/h5-11,14H,12H2,1-4H3,(H,24,28)/t14-/m1/s1. The zero-order chi connectivity index (χ0) is 22.7. The molecule has 0 aliphatic heterocycles. The van der Waals surface area contributed by atoms with Gasteiger partial charge in [0.05, 0.1) is 45.6 Å². The molecule has 3 rings (SSSR count). The van der Waals surface area contributed by atoms with Gasteiger partial charge in [-0.15, -0.1) is 0 Å². The molecule has 3 aromatic rings. The van der Waals surface area contributed by atoms with E-state index in [1.54, 1.807) is 36.7 Å². The number of nitrogens with zero attached hydrogens (tertiary/aromatic N) is 3. The van der Waals surface area contributed by atoms with Gasteiger partial charge in [0.15, 0.2) is 0 Å². The van der Waals surface area contributed by atoms with Gasteiger partial charge in [-0.25, -0.2) is 0 Å². The largest absolute Gasteiger partial charge is 0.457 e. The van der Waals surface area contributed by atoms with Crippen molar-refractivity contribution in [1.29, 1.82) is 0 Å². The maximum absolute atomic E-state index is 12.7. The van der Waals surface area contributed by atoms with E-state index in [1.807, 2.05) is 26.0 Å². The van der Waals surface area contributed by atoms with Crippen molar-refractivity contribution in [2.45, 2.75) is 34.2 Å². The van der Waals surface area contributed by atoms with Gasteiger partial charge in [-0.2, -0.15) is 5.10 Å². The van der Waals surface area contributed by atoms with E-state index in [-0.39, 0.29) is 23.0 Å². The zero-order valence-electron chi connectivity index (χ0n) is 17.7. The maximum Gasteiger partial charge on any atom is 0.275 e. The minimum atomic E-state index is -0.529. The Bertz CT molecular complexity index is 1130. The van der Waals surface area contributed by atoms with E-state index in [2.05, 4.69) is 10.4 Å². The van der Waals surface area contributed by atoms with Crippen molar-refractivity contribution in [3.8, 4) is 11.5 Å². The number of aromatic nitrogens is 2. The van der Waals surface area contributed by atoms with Gasteiger partial charge >= 0.3 is 0 Å². The molecule has 1 heterocycles. The van der Waals surface area contributed by atoms with Gasteiger partial charge in [-0.3, -0.25) is 19.6 Å². The van der Waals surface area contributed by atoms with Crippen molar-refractivity contribution in [3.05, 3.63) is 74.6 Å². The molecular formula is C22H23ClN4O4. The molecule has 0 saturated heterocycles. The van der Waals surface area contributed by atoms with Crippen LogP contribution in [0.3, 0.4) is 0 Å². The van der Waals surface area contributed by atoms with Crippen LogP contribution in [0, 0.1) is 36.8 Å². The number of amides is 1. The van der Waals surface area contributed by atoms with Crippen molar-refractivity contribution in [2.75, 3.05) is 5.32 Å². The summed E-state index contributed by atoms with van der Waals surface area (Å²) in [6.07, 6.45) is 0. The zero-order valence-corrected chi connectivity index (χ0v) is 18.4. The molecule has 0 unspecified atom stereocenters. The summed E-state index contributed by atoms with van der Waals surface area (Å²) in [6, 6.07) is 11.5. The van der Waals surface area contributed by atoms with Gasteiger partial charge in [0, 0.05) is 12.1 Å². The Morgan fingerprint density at radius 1 is 1.19 bits per heavy atom. The summed E-state index contributed by atoms with van der Waals surface area (Å²) in [4.78, 5) is 23.5. The predicted octanol–water partition coefficient (Wildman–Crippen LogP) is 5.44. The number of rotatable bonds is 7. The number of aryl methyl sites for hydroxylation is 2. The second-order valence-corrected chi connectivity index (χ2v) is 7.82. The Labute approximate surface area is 184 Å². The first-order chi connectivity index (χ1) is 14.6. The minimum Gasteiger partial charge on any atom is -0.457 e. The first-order valence-corrected chi connectivity index (χ1v) is 10.1. The normalized spacial score (nSPS) is 11.8. The maximum atomic E-state index is 12.7. The molecule has 1 atom stereocenters. The lowest BCUT2D eigenvalue weighted by molar-refractivity contribution is -0.384. The third-order valence-corrected chi connectivity index (χ3v) is 5.36. The summed E-state index contributed by atoms with van der Waals surface area (Å²) in [5.74, 6) is 0.0461. The molecule has 0 radical (unpaired) electrons. The highest BCUT2D eigenvalue weighted by Crippen LogP contribution is 2.30. The van der Waals surface area contributed by atoms with E-state index in [4.69, 9.17) is 16.3 Å². The molecule has 9 heteroatoms. The van der Waals surface area contributed by atoms with Crippen LogP contribution in [-0.4, -0.2) is 20.6 Å². The number of carbonyl (C=O) groups excluding carboxylic acids is 1. The van der Waals surface area contributed by atoms with Crippen LogP contribution in [0.5, 0.6) is 11.5 Å². The molecule has 0 aliphatic carbocycles. The number of benzene rings is 2. The lowest BCUT2D eigenvalue weighted by Gasteiger charge is -2.14. The Kier molecular flexibility index (Phi) is 6.60. The summed E-state index contributed by atoms with van der Waals surface area (Å²) < 4.78 is 7.43. The number of nitrogens with one attached hydrogen (secondary N) is 1. The summed E-state index contributed by atoms with van der Waals surface area (Å²) >= 11 is 6.17. The SMILES string of the molecule is Cc1ccc(Oc2cc(NC(=O)[C@H](C)Cn3nc(C)c(Cl)c3C)cc([N+](=O)[O-])c2)cc1. The van der Waals surface area contributed by atoms with Crippen molar-refractivity contribution in [3.63, 3.8) is 0 Å². The predicted molar refractivity (Wildman–Crippen MR) is 119 cm³/mol. The summed E-state index contributed by atoms with van der Waals surface area (Å²) in [6.45, 7) is 7.66. The molecule has 0 fully saturated rings. The van der Waals surface area contributed by atoms with Gasteiger partial charge in [-0.05, 0) is 32.9 Å². The fourth-order valence-electron chi connectivity index (χ4n) is 3.02. The average Bonchev–Trinajstić information content (AvgIpc) is 2.96. The summed E-state index contributed by atoms with van der Waals surface area (Å²) in [5, 5.41) is 19.0. The molecule has 0 spiro atoms. The number of nitro groups is 1. The van der Waals surface area contributed by atoms with Crippen LogP contribution in [0.4, 0.5) is 11.4 Å². The third kappa shape index (κ3) is 5.40. The summed E-state index contributed by atoms with van der Waals surface area (Å²) in [5.41, 5.74) is 2.64. The van der Waals surface area contributed by atoms with Gasteiger partial charge < -0.3 is 10.1 Å². The van der Waals surface area contributed by atoms with Crippen LogP contribution in [-0.2, 0) is 11.3 Å². The molecule has 8 nitrogen and oxygen atoms in total. The van der Waals surface area contributed by atoms with E-state index >= 15 is 0 Å². The molecule has 162 valence electrons. The van der Waals surface area contributed by atoms with E-state index < -0.39 is 10.8 Å². The number of ether oxygens (including phenoxy) is 1. The first-order valence-electron chi connectivity index (χ1n) is 9.68. The Hall–Kier alpha value is -3.39. The molecule has 31 heavy (non-hydrogen) atoms. The molecule has 0 aliphatic rings. The topological polar surface area (TPSA) is 99.3 Å². The fourth-order valence-corrected chi connectivity index (χ4v) is 3.16. The average molecular weight is 443 g/mol. The lowest BCUT2D eigenvalue weighted by Crippen LogP contribution is -2.25. The Morgan fingerprint density at radius 3 is 2.45 bits per heavy atom. The Morgan fingerprint density at radius 2 is 1.87 bits per heavy atom. The van der Waals surface area contributed by atoms with Crippen LogP contribution >= 0.6 is 11.6 Å². The highest BCUT2D eigenvalue weighted by Gasteiger charge is 2.19. The van der Waals surface area contributed by atoms with Crippen molar-refractivity contribution >= 4 is 28.9 Å². The lowest BCUT2D eigenvalue weighted by atomic mass is 10.1. The molecular weight excluding hydrogens is 420 g/mol. The number of anilines is 1. The van der Waals surface area contributed by atoms with Crippen LogP contribution in [0.2, 0.25) is 5.02 Å². The molecule has 1 amide bonds. The van der Waals surface area contributed by atoms with Crippen molar-refractivity contribution in [2.24, 2.45) is 5.92 Å². The van der Waals surface area contributed by atoms with Gasteiger partial charge in [0.2, 0.25) is 5.91 Å². The highest BCUT2D eigenvalue weighted by molar-refractivity contribution is 6.31. The monoisotopic (exact) mass is 442 g/mol. The number of hydrogen-bond donors (Lipinski definition) is 1. The molecule has 0 bridgehead atoms. The molecule has 1 aromatic heterocycles. The van der Waals surface area contributed by atoms with Crippen LogP contribution in [0.15, 0.2) is 42.5 Å². The molecule has 2 aromatic carbocycles. The van der Waals surface area contributed by atoms with Gasteiger partial charge in [-0.1, -0.05) is 36.2 Å². The quantitative estimate of drug-likeness (QED) is 0.388. The number of hydrogen-bond acceptors (Lipinski definition) is 5. The van der Waals surface area contributed by atoms with Crippen LogP contribution < -0.4 is 10.1 Å². The second kappa shape index (κ2) is 9.18. The first kappa shape index (κ1) is 22.3. The number of carbonyl (C=O) groups is 1. The van der Waals surface area contributed by atoms with Crippen LogP contribution in [0.1, 0.15) is 23.9 Å². The highest BCUT2D eigenvalue weighted by atomic mass is 35.5. The van der Waals surface area contributed by atoms with Gasteiger partial charge in [0.1, 0.15) is 11.5 Å². The smallest absolute Gasteiger partial charge is 0.275 e. The van der Waals surface area contributed by atoms with E-state index in [0.29, 0.717) is 23.0 Å². The van der Waals surface area contributed by atoms with E-state index in [9.17, 15) is 14.9 Å². The molecule has 1 N–H and O–H groups in total.